The third-order valence-electron chi connectivity index (χ3n) is 2.81. The molecular weight excluding hydrogens is 327 g/mol. The van der Waals surface area contributed by atoms with Gasteiger partial charge in [0.05, 0.1) is 0 Å². The molecular formula is C16H12Cl2O4. The first-order valence-corrected chi connectivity index (χ1v) is 7.07. The number of carbonyl (C=O) groups excluding carboxylic acids is 2. The van der Waals surface area contributed by atoms with Crippen LogP contribution in [0.1, 0.15) is 22.8 Å². The number of alkyl halides is 2. The SMILES string of the molecule is CC(Cl)(Cl)C(=O)Oc1ccc(C(=O)c2ccc(O)cc2)cc1. The fourth-order valence-corrected chi connectivity index (χ4v) is 1.73. The summed E-state index contributed by atoms with van der Waals surface area (Å²) in [7, 11) is 0. The zero-order valence-electron chi connectivity index (χ0n) is 11.5. The zero-order valence-corrected chi connectivity index (χ0v) is 13.1. The number of aromatic hydroxyl groups is 1. The molecule has 0 saturated heterocycles. The van der Waals surface area contributed by atoms with E-state index in [1.165, 1.54) is 55.5 Å². The number of esters is 1. The summed E-state index contributed by atoms with van der Waals surface area (Å²) >= 11 is 11.2. The molecule has 0 radical (unpaired) electrons. The second kappa shape index (κ2) is 6.38. The molecule has 0 fully saturated rings. The molecule has 0 aromatic heterocycles. The smallest absolute Gasteiger partial charge is 0.347 e. The molecule has 4 nitrogen and oxygen atoms in total. The van der Waals surface area contributed by atoms with E-state index in [0.29, 0.717) is 11.1 Å². The first kappa shape index (κ1) is 16.3. The molecule has 114 valence electrons. The number of carbonyl (C=O) groups is 2. The van der Waals surface area contributed by atoms with Gasteiger partial charge in [-0.2, -0.15) is 0 Å². The van der Waals surface area contributed by atoms with Gasteiger partial charge >= 0.3 is 5.97 Å². The number of hydrogen-bond acceptors (Lipinski definition) is 4. The summed E-state index contributed by atoms with van der Waals surface area (Å²) in [6.45, 7) is 1.31. The molecule has 0 heterocycles. The van der Waals surface area contributed by atoms with Gasteiger partial charge in [-0.15, -0.1) is 0 Å². The van der Waals surface area contributed by atoms with E-state index < -0.39 is 10.3 Å². The van der Waals surface area contributed by atoms with E-state index in [1.54, 1.807) is 0 Å². The maximum absolute atomic E-state index is 12.2. The Kier molecular flexibility index (Phi) is 4.74. The van der Waals surface area contributed by atoms with Crippen molar-refractivity contribution in [3.63, 3.8) is 0 Å². The number of benzene rings is 2. The van der Waals surface area contributed by atoms with Crippen LogP contribution in [0.2, 0.25) is 0 Å². The summed E-state index contributed by atoms with van der Waals surface area (Å²) in [5.74, 6) is -0.686. The molecule has 0 bridgehead atoms. The van der Waals surface area contributed by atoms with Crippen molar-refractivity contribution >= 4 is 35.0 Å². The average molecular weight is 339 g/mol. The van der Waals surface area contributed by atoms with Gasteiger partial charge in [0.2, 0.25) is 4.33 Å². The molecule has 22 heavy (non-hydrogen) atoms. The molecule has 6 heteroatoms. The molecule has 1 N–H and O–H groups in total. The molecule has 0 aliphatic heterocycles. The maximum atomic E-state index is 12.2. The topological polar surface area (TPSA) is 63.6 Å². The lowest BCUT2D eigenvalue weighted by Gasteiger charge is -2.12. The van der Waals surface area contributed by atoms with Crippen molar-refractivity contribution in [1.29, 1.82) is 0 Å². The van der Waals surface area contributed by atoms with E-state index in [4.69, 9.17) is 27.9 Å². The van der Waals surface area contributed by atoms with Crippen molar-refractivity contribution in [2.75, 3.05) is 0 Å². The summed E-state index contributed by atoms with van der Waals surface area (Å²) in [6.07, 6.45) is 0. The molecule has 0 saturated carbocycles. The Morgan fingerprint density at radius 2 is 1.41 bits per heavy atom. The first-order chi connectivity index (χ1) is 10.3. The Balaban J connectivity index is 2.13. The van der Waals surface area contributed by atoms with Crippen LogP contribution in [0.3, 0.4) is 0 Å². The van der Waals surface area contributed by atoms with E-state index in [2.05, 4.69) is 0 Å². The zero-order chi connectivity index (χ0) is 16.3. The van der Waals surface area contributed by atoms with E-state index in [1.807, 2.05) is 0 Å². The van der Waals surface area contributed by atoms with Crippen molar-refractivity contribution in [3.8, 4) is 11.5 Å². The quantitative estimate of drug-likeness (QED) is 0.399. The third kappa shape index (κ3) is 4.00. The van der Waals surface area contributed by atoms with Crippen LogP contribution in [0.15, 0.2) is 48.5 Å². The van der Waals surface area contributed by atoms with Crippen LogP contribution in [-0.4, -0.2) is 21.2 Å². The largest absolute Gasteiger partial charge is 0.508 e. The van der Waals surface area contributed by atoms with Gasteiger partial charge in [-0.1, -0.05) is 23.2 Å². The highest BCUT2D eigenvalue weighted by molar-refractivity contribution is 6.57. The van der Waals surface area contributed by atoms with Gasteiger partial charge < -0.3 is 9.84 Å². The third-order valence-corrected chi connectivity index (χ3v) is 3.12. The number of hydrogen-bond donors (Lipinski definition) is 1. The number of rotatable bonds is 4. The van der Waals surface area contributed by atoms with Gasteiger partial charge in [0, 0.05) is 11.1 Å². The van der Waals surface area contributed by atoms with E-state index >= 15 is 0 Å². The lowest BCUT2D eigenvalue weighted by Crippen LogP contribution is -2.27. The number of phenols is 1. The predicted molar refractivity (Wildman–Crippen MR) is 83.7 cm³/mol. The number of ether oxygens (including phenoxy) is 1. The van der Waals surface area contributed by atoms with Gasteiger partial charge in [0.15, 0.2) is 5.78 Å². The van der Waals surface area contributed by atoms with Crippen molar-refractivity contribution in [3.05, 3.63) is 59.7 Å². The minimum Gasteiger partial charge on any atom is -0.508 e. The Bertz CT molecular complexity index is 686. The predicted octanol–water partition coefficient (Wildman–Crippen LogP) is 3.72. The molecule has 0 amide bonds. The monoisotopic (exact) mass is 338 g/mol. The van der Waals surface area contributed by atoms with Crippen LogP contribution in [-0.2, 0) is 4.79 Å². The van der Waals surface area contributed by atoms with Crippen molar-refractivity contribution < 1.29 is 19.4 Å². The van der Waals surface area contributed by atoms with Gasteiger partial charge in [-0.3, -0.25) is 4.79 Å². The Morgan fingerprint density at radius 1 is 0.955 bits per heavy atom. The minimum absolute atomic E-state index is 0.0870. The second-order valence-electron chi connectivity index (χ2n) is 4.68. The van der Waals surface area contributed by atoms with Crippen LogP contribution >= 0.6 is 23.2 Å². The molecule has 0 aliphatic rings. The highest BCUT2D eigenvalue weighted by atomic mass is 35.5. The lowest BCUT2D eigenvalue weighted by molar-refractivity contribution is -0.134. The molecule has 0 aliphatic carbocycles. The van der Waals surface area contributed by atoms with E-state index in [0.717, 1.165) is 0 Å². The molecule has 0 unspecified atom stereocenters. The van der Waals surface area contributed by atoms with Crippen LogP contribution in [0, 0.1) is 0 Å². The standard InChI is InChI=1S/C16H12Cl2O4/c1-16(17,18)15(21)22-13-8-4-11(5-9-13)14(20)10-2-6-12(19)7-3-10/h2-9,19H,1H3. The average Bonchev–Trinajstić information content (AvgIpc) is 2.47. The van der Waals surface area contributed by atoms with Crippen LogP contribution < -0.4 is 4.74 Å². The maximum Gasteiger partial charge on any atom is 0.347 e. The summed E-state index contributed by atoms with van der Waals surface area (Å²) in [5.41, 5.74) is 0.863. The summed E-state index contributed by atoms with van der Waals surface area (Å²) < 4.78 is 3.35. The van der Waals surface area contributed by atoms with Crippen molar-refractivity contribution in [2.24, 2.45) is 0 Å². The van der Waals surface area contributed by atoms with Gasteiger partial charge in [0.1, 0.15) is 11.5 Å². The number of phenolic OH excluding ortho intramolecular Hbond substituents is 1. The number of halogens is 2. The molecule has 2 aromatic carbocycles. The highest BCUT2D eigenvalue weighted by Crippen LogP contribution is 2.24. The number of ketones is 1. The van der Waals surface area contributed by atoms with Crippen molar-refractivity contribution in [2.45, 2.75) is 11.3 Å². The molecule has 2 aromatic rings. The van der Waals surface area contributed by atoms with Crippen molar-refractivity contribution in [1.82, 2.24) is 0 Å². The van der Waals surface area contributed by atoms with Gasteiger partial charge in [-0.05, 0) is 55.5 Å². The van der Waals surface area contributed by atoms with Crippen LogP contribution in [0.5, 0.6) is 11.5 Å². The Labute approximate surface area is 137 Å². The van der Waals surface area contributed by atoms with E-state index in [9.17, 15) is 14.7 Å². The van der Waals surface area contributed by atoms with Crippen LogP contribution in [0.25, 0.3) is 0 Å². The van der Waals surface area contributed by atoms with E-state index in [-0.39, 0.29) is 17.3 Å². The molecule has 0 atom stereocenters. The Morgan fingerprint density at radius 3 is 1.86 bits per heavy atom. The molecule has 0 spiro atoms. The summed E-state index contributed by atoms with van der Waals surface area (Å²) in [6, 6.07) is 11.9. The minimum atomic E-state index is -1.64. The highest BCUT2D eigenvalue weighted by Gasteiger charge is 2.29. The summed E-state index contributed by atoms with van der Waals surface area (Å²) in [4.78, 5) is 23.7. The Hall–Kier alpha value is -2.04. The molecule has 2 rings (SSSR count). The van der Waals surface area contributed by atoms with Crippen LogP contribution in [0.4, 0.5) is 0 Å². The second-order valence-corrected chi connectivity index (χ2v) is 6.38. The summed E-state index contributed by atoms with van der Waals surface area (Å²) in [5, 5.41) is 9.21. The fraction of sp³-hybridized carbons (Fsp3) is 0.125. The van der Waals surface area contributed by atoms with Gasteiger partial charge in [0.25, 0.3) is 0 Å². The first-order valence-electron chi connectivity index (χ1n) is 6.31. The van der Waals surface area contributed by atoms with Gasteiger partial charge in [-0.25, -0.2) is 4.79 Å². The fourth-order valence-electron chi connectivity index (χ4n) is 1.65. The lowest BCUT2D eigenvalue weighted by atomic mass is 10.0. The normalized spacial score (nSPS) is 11.0.